The van der Waals surface area contributed by atoms with Crippen molar-refractivity contribution >= 4 is 11.9 Å². The summed E-state index contributed by atoms with van der Waals surface area (Å²) in [5.74, 6) is -0.746. The fourth-order valence-electron chi connectivity index (χ4n) is 2.41. The number of amides is 1. The first kappa shape index (κ1) is 14.5. The SMILES string of the molecule is CCOC[C@H]1CCN(C(=O)c2cccc(C(=O)O)c2)C1. The zero-order valence-electron chi connectivity index (χ0n) is 11.5. The molecule has 1 aromatic carbocycles. The van der Waals surface area contributed by atoms with Crippen LogP contribution >= 0.6 is 0 Å². The van der Waals surface area contributed by atoms with Crippen molar-refractivity contribution in [3.8, 4) is 0 Å². The molecule has 1 fully saturated rings. The molecule has 0 bridgehead atoms. The summed E-state index contributed by atoms with van der Waals surface area (Å²) in [7, 11) is 0. The van der Waals surface area contributed by atoms with Crippen LogP contribution in [-0.2, 0) is 4.74 Å². The van der Waals surface area contributed by atoms with E-state index in [1.165, 1.54) is 12.1 Å². The molecule has 1 aliphatic rings. The lowest BCUT2D eigenvalue weighted by Crippen LogP contribution is -2.29. The molecule has 5 nitrogen and oxygen atoms in total. The summed E-state index contributed by atoms with van der Waals surface area (Å²) >= 11 is 0. The summed E-state index contributed by atoms with van der Waals surface area (Å²) in [5.41, 5.74) is 0.572. The molecule has 108 valence electrons. The summed E-state index contributed by atoms with van der Waals surface area (Å²) in [5, 5.41) is 8.95. The Bertz CT molecular complexity index is 500. The van der Waals surface area contributed by atoms with Crippen LogP contribution in [0, 0.1) is 5.92 Å². The molecule has 1 aliphatic heterocycles. The van der Waals surface area contributed by atoms with Crippen LogP contribution in [0.3, 0.4) is 0 Å². The number of ether oxygens (including phenoxy) is 1. The van der Waals surface area contributed by atoms with Crippen LogP contribution in [0.2, 0.25) is 0 Å². The van der Waals surface area contributed by atoms with Crippen molar-refractivity contribution in [2.75, 3.05) is 26.3 Å². The summed E-state index contributed by atoms with van der Waals surface area (Å²) in [4.78, 5) is 25.0. The smallest absolute Gasteiger partial charge is 0.335 e. The second kappa shape index (κ2) is 6.52. The van der Waals surface area contributed by atoms with E-state index in [9.17, 15) is 9.59 Å². The van der Waals surface area contributed by atoms with Crippen LogP contribution < -0.4 is 0 Å². The second-order valence-corrected chi connectivity index (χ2v) is 4.95. The highest BCUT2D eigenvalue weighted by Crippen LogP contribution is 2.19. The fourth-order valence-corrected chi connectivity index (χ4v) is 2.41. The minimum Gasteiger partial charge on any atom is -0.478 e. The van der Waals surface area contributed by atoms with Gasteiger partial charge in [0, 0.05) is 31.2 Å². The van der Waals surface area contributed by atoms with Gasteiger partial charge < -0.3 is 14.7 Å². The van der Waals surface area contributed by atoms with Gasteiger partial charge in [-0.05, 0) is 31.5 Å². The van der Waals surface area contributed by atoms with E-state index in [0.717, 1.165) is 6.42 Å². The molecular weight excluding hydrogens is 258 g/mol. The van der Waals surface area contributed by atoms with E-state index in [0.29, 0.717) is 37.8 Å². The van der Waals surface area contributed by atoms with Crippen LogP contribution in [0.15, 0.2) is 24.3 Å². The predicted octanol–water partition coefficient (Wildman–Crippen LogP) is 1.88. The maximum absolute atomic E-state index is 12.3. The van der Waals surface area contributed by atoms with Crippen molar-refractivity contribution < 1.29 is 19.4 Å². The largest absolute Gasteiger partial charge is 0.478 e. The minimum absolute atomic E-state index is 0.105. The van der Waals surface area contributed by atoms with Gasteiger partial charge in [-0.15, -0.1) is 0 Å². The maximum Gasteiger partial charge on any atom is 0.335 e. The van der Waals surface area contributed by atoms with Crippen molar-refractivity contribution in [3.05, 3.63) is 35.4 Å². The monoisotopic (exact) mass is 277 g/mol. The summed E-state index contributed by atoms with van der Waals surface area (Å²) in [6, 6.07) is 6.18. The fraction of sp³-hybridized carbons (Fsp3) is 0.467. The molecule has 1 saturated heterocycles. The number of hydrogen-bond acceptors (Lipinski definition) is 3. The number of hydrogen-bond donors (Lipinski definition) is 1. The molecule has 5 heteroatoms. The van der Waals surface area contributed by atoms with Gasteiger partial charge in [-0.1, -0.05) is 6.07 Å². The third kappa shape index (κ3) is 3.36. The number of carboxylic acid groups (broad SMARTS) is 1. The first-order valence-corrected chi connectivity index (χ1v) is 6.82. The van der Waals surface area contributed by atoms with Crippen molar-refractivity contribution in [1.82, 2.24) is 4.90 Å². The van der Waals surface area contributed by atoms with E-state index in [1.54, 1.807) is 17.0 Å². The molecule has 1 heterocycles. The summed E-state index contributed by atoms with van der Waals surface area (Å²) in [6.07, 6.45) is 0.935. The van der Waals surface area contributed by atoms with Gasteiger partial charge in [0.2, 0.25) is 0 Å². The first-order valence-electron chi connectivity index (χ1n) is 6.82. The Balaban J connectivity index is 2.01. The Morgan fingerprint density at radius 1 is 1.40 bits per heavy atom. The Kier molecular flexibility index (Phi) is 4.74. The van der Waals surface area contributed by atoms with E-state index in [1.807, 2.05) is 6.92 Å². The quantitative estimate of drug-likeness (QED) is 0.892. The van der Waals surface area contributed by atoms with Gasteiger partial charge in [0.05, 0.1) is 12.2 Å². The molecular formula is C15H19NO4. The Labute approximate surface area is 118 Å². The number of nitrogens with zero attached hydrogens (tertiary/aromatic N) is 1. The Hall–Kier alpha value is -1.88. The minimum atomic E-state index is -1.02. The van der Waals surface area contributed by atoms with Crippen LogP contribution in [0.25, 0.3) is 0 Å². The third-order valence-electron chi connectivity index (χ3n) is 3.49. The number of carbonyl (C=O) groups excluding carboxylic acids is 1. The molecule has 0 aliphatic carbocycles. The van der Waals surface area contributed by atoms with Crippen LogP contribution in [0.5, 0.6) is 0 Å². The number of likely N-dealkylation sites (tertiary alicyclic amines) is 1. The second-order valence-electron chi connectivity index (χ2n) is 4.95. The lowest BCUT2D eigenvalue weighted by Gasteiger charge is -2.17. The highest BCUT2D eigenvalue weighted by Gasteiger charge is 2.27. The van der Waals surface area contributed by atoms with Crippen LogP contribution in [-0.4, -0.2) is 48.2 Å². The van der Waals surface area contributed by atoms with Gasteiger partial charge in [0.15, 0.2) is 0 Å². The van der Waals surface area contributed by atoms with Crippen molar-refractivity contribution in [2.24, 2.45) is 5.92 Å². The van der Waals surface area contributed by atoms with E-state index >= 15 is 0 Å². The van der Waals surface area contributed by atoms with Crippen molar-refractivity contribution in [1.29, 1.82) is 0 Å². The normalized spacial score (nSPS) is 18.2. The van der Waals surface area contributed by atoms with Gasteiger partial charge in [-0.3, -0.25) is 4.79 Å². The Morgan fingerprint density at radius 3 is 2.85 bits per heavy atom. The van der Waals surface area contributed by atoms with Gasteiger partial charge in [0.25, 0.3) is 5.91 Å². The van der Waals surface area contributed by atoms with Crippen LogP contribution in [0.1, 0.15) is 34.1 Å². The van der Waals surface area contributed by atoms with E-state index < -0.39 is 5.97 Å². The van der Waals surface area contributed by atoms with Crippen molar-refractivity contribution in [2.45, 2.75) is 13.3 Å². The number of aromatic carboxylic acids is 1. The number of benzene rings is 1. The maximum atomic E-state index is 12.3. The molecule has 2 rings (SSSR count). The summed E-state index contributed by atoms with van der Waals surface area (Å²) in [6.45, 7) is 4.69. The van der Waals surface area contributed by atoms with Gasteiger partial charge in [-0.2, -0.15) is 0 Å². The Morgan fingerprint density at radius 2 is 2.15 bits per heavy atom. The zero-order valence-corrected chi connectivity index (χ0v) is 11.5. The van der Waals surface area contributed by atoms with Gasteiger partial charge >= 0.3 is 5.97 Å². The zero-order chi connectivity index (χ0) is 14.5. The number of carboxylic acids is 1. The number of carbonyl (C=O) groups is 2. The van der Waals surface area contributed by atoms with E-state index in [4.69, 9.17) is 9.84 Å². The average Bonchev–Trinajstić information content (AvgIpc) is 2.93. The molecule has 0 saturated carbocycles. The molecule has 0 spiro atoms. The third-order valence-corrected chi connectivity index (χ3v) is 3.49. The van der Waals surface area contributed by atoms with E-state index in [2.05, 4.69) is 0 Å². The highest BCUT2D eigenvalue weighted by atomic mass is 16.5. The molecule has 0 aromatic heterocycles. The van der Waals surface area contributed by atoms with Crippen LogP contribution in [0.4, 0.5) is 0 Å². The van der Waals surface area contributed by atoms with Crippen molar-refractivity contribution in [3.63, 3.8) is 0 Å². The molecule has 0 radical (unpaired) electrons. The van der Waals surface area contributed by atoms with E-state index in [-0.39, 0.29) is 11.5 Å². The van der Waals surface area contributed by atoms with Gasteiger partial charge in [-0.25, -0.2) is 4.79 Å². The van der Waals surface area contributed by atoms with Gasteiger partial charge in [0.1, 0.15) is 0 Å². The topological polar surface area (TPSA) is 66.8 Å². The first-order chi connectivity index (χ1) is 9.61. The highest BCUT2D eigenvalue weighted by molar-refractivity contribution is 5.97. The molecule has 1 amide bonds. The predicted molar refractivity (Wildman–Crippen MR) is 73.9 cm³/mol. The molecule has 1 aromatic rings. The molecule has 1 N–H and O–H groups in total. The standard InChI is InChI=1S/C15H19NO4/c1-2-20-10-11-6-7-16(9-11)14(17)12-4-3-5-13(8-12)15(18)19/h3-5,8,11H,2,6-7,9-10H2,1H3,(H,18,19)/t11-/m0/s1. The molecule has 1 atom stereocenters. The summed E-state index contributed by atoms with van der Waals surface area (Å²) < 4.78 is 5.39. The lowest BCUT2D eigenvalue weighted by atomic mass is 10.1. The average molecular weight is 277 g/mol. The molecule has 20 heavy (non-hydrogen) atoms. The lowest BCUT2D eigenvalue weighted by molar-refractivity contribution is 0.0697. The molecule has 0 unspecified atom stereocenters. The number of rotatable bonds is 5.